The number of ether oxygens (including phenoxy) is 1. The second kappa shape index (κ2) is 8.37. The third-order valence-electron chi connectivity index (χ3n) is 4.71. The summed E-state index contributed by atoms with van der Waals surface area (Å²) in [6.45, 7) is 8.29. The maximum absolute atomic E-state index is 12.2. The van der Waals surface area contributed by atoms with Crippen molar-refractivity contribution in [2.45, 2.75) is 39.7 Å². The van der Waals surface area contributed by atoms with Crippen molar-refractivity contribution in [3.8, 4) is 0 Å². The number of carbonyl (C=O) groups excluding carboxylic acids is 1. The van der Waals surface area contributed by atoms with Gasteiger partial charge in [-0.05, 0) is 74.9 Å². The summed E-state index contributed by atoms with van der Waals surface area (Å²) in [6.07, 6.45) is 0.166. The molecule has 1 amide bonds. The topological polar surface area (TPSA) is 76.5 Å². The van der Waals surface area contributed by atoms with Crippen LogP contribution in [0.3, 0.4) is 0 Å². The highest BCUT2D eigenvalue weighted by molar-refractivity contribution is 8.27. The number of carbonyl (C=O) groups is 1. The van der Waals surface area contributed by atoms with Crippen LogP contribution in [-0.4, -0.2) is 45.8 Å². The molecule has 7 nitrogen and oxygen atoms in total. The molecule has 0 atom stereocenters. The molecule has 1 aliphatic heterocycles. The molecule has 0 aromatic heterocycles. The highest BCUT2D eigenvalue weighted by Gasteiger charge is 2.41. The number of nitrogens with zero attached hydrogens (tertiary/aromatic N) is 3. The minimum atomic E-state index is -3.27. The number of aryl methyl sites for hydroxylation is 1. The molecular weight excluding hydrogens is 402 g/mol. The van der Waals surface area contributed by atoms with Gasteiger partial charge in [0.2, 0.25) is 0 Å². The second-order valence-corrected chi connectivity index (χ2v) is 10.3. The van der Waals surface area contributed by atoms with E-state index in [0.717, 1.165) is 22.6 Å². The predicted octanol–water partition coefficient (Wildman–Crippen LogP) is 5.79. The number of para-hydroxylation sites is 1. The van der Waals surface area contributed by atoms with Crippen molar-refractivity contribution in [1.82, 2.24) is 4.90 Å². The van der Waals surface area contributed by atoms with Crippen LogP contribution in [0.1, 0.15) is 32.8 Å². The molecule has 1 heterocycles. The molecule has 0 fully saturated rings. The summed E-state index contributed by atoms with van der Waals surface area (Å²) >= 11 is 0. The van der Waals surface area contributed by atoms with Crippen molar-refractivity contribution < 1.29 is 18.6 Å². The van der Waals surface area contributed by atoms with Crippen molar-refractivity contribution in [3.05, 3.63) is 54.1 Å². The molecule has 3 rings (SSSR count). The fourth-order valence-corrected chi connectivity index (χ4v) is 5.14. The Morgan fingerprint density at radius 1 is 1.10 bits per heavy atom. The second-order valence-electron chi connectivity index (χ2n) is 8.47. The zero-order chi connectivity index (χ0) is 22.1. The van der Waals surface area contributed by atoms with Gasteiger partial charge in [-0.15, -0.1) is 0 Å². The van der Waals surface area contributed by atoms with Crippen LogP contribution in [0.2, 0.25) is 0 Å². The van der Waals surface area contributed by atoms with E-state index < -0.39 is 22.7 Å². The van der Waals surface area contributed by atoms with E-state index in [1.54, 1.807) is 15.7 Å². The van der Waals surface area contributed by atoms with Gasteiger partial charge in [-0.2, -0.15) is 0 Å². The van der Waals surface area contributed by atoms with E-state index >= 15 is 0 Å². The monoisotopic (exact) mass is 433 g/mol. The van der Waals surface area contributed by atoms with Crippen molar-refractivity contribution in [2.24, 2.45) is 0 Å². The summed E-state index contributed by atoms with van der Waals surface area (Å²) in [7, 11) is -1.59. The lowest BCUT2D eigenvalue weighted by atomic mass is 10.1. The Morgan fingerprint density at radius 2 is 1.77 bits per heavy atom. The number of amides is 1. The van der Waals surface area contributed by atoms with Gasteiger partial charge in [-0.3, -0.25) is 13.4 Å². The Morgan fingerprint density at radius 3 is 2.40 bits per heavy atom. The summed E-state index contributed by atoms with van der Waals surface area (Å²) < 4.78 is 31.0. The van der Waals surface area contributed by atoms with Crippen LogP contribution in [0.25, 0.3) is 0 Å². The van der Waals surface area contributed by atoms with Gasteiger partial charge in [0.25, 0.3) is 0 Å². The molecule has 0 saturated heterocycles. The molecule has 0 spiro atoms. The standard InChI is InChI=1S/C22H31N3O4S/c1-17-12-13-19-20(16-17)24(15-9-14-23(5)21(26)29-22(2,3)4)30(27,28)25(19)18-10-7-6-8-11-18/h6-8,10-13,16,27-28H,9,14-15H2,1-5H3. The Kier molecular flexibility index (Phi) is 6.21. The van der Waals surface area contributed by atoms with Crippen LogP contribution >= 0.6 is 11.0 Å². The van der Waals surface area contributed by atoms with Crippen LogP contribution in [0.5, 0.6) is 0 Å². The first-order chi connectivity index (χ1) is 14.0. The molecule has 0 radical (unpaired) electrons. The normalized spacial score (nSPS) is 16.2. The van der Waals surface area contributed by atoms with E-state index in [4.69, 9.17) is 4.74 Å². The number of rotatable bonds is 5. The van der Waals surface area contributed by atoms with Crippen LogP contribution < -0.4 is 8.61 Å². The van der Waals surface area contributed by atoms with Crippen LogP contribution in [0.4, 0.5) is 21.9 Å². The molecular formula is C22H31N3O4S. The highest BCUT2D eigenvalue weighted by Crippen LogP contribution is 2.64. The predicted molar refractivity (Wildman–Crippen MR) is 123 cm³/mol. The maximum Gasteiger partial charge on any atom is 0.410 e. The van der Waals surface area contributed by atoms with E-state index in [0.29, 0.717) is 19.5 Å². The van der Waals surface area contributed by atoms with Crippen LogP contribution in [-0.2, 0) is 4.74 Å². The fourth-order valence-electron chi connectivity index (χ4n) is 3.34. The zero-order valence-electron chi connectivity index (χ0n) is 18.2. The minimum Gasteiger partial charge on any atom is -0.444 e. The maximum atomic E-state index is 12.2. The first-order valence-corrected chi connectivity index (χ1v) is 11.4. The molecule has 0 aliphatic carbocycles. The van der Waals surface area contributed by atoms with E-state index in [9.17, 15) is 13.9 Å². The Labute approximate surface area is 180 Å². The minimum absolute atomic E-state index is 0.384. The van der Waals surface area contributed by atoms with Gasteiger partial charge in [0, 0.05) is 20.1 Å². The molecule has 2 N–H and O–H groups in total. The number of fused-ring (bicyclic) bond motifs is 1. The highest BCUT2D eigenvalue weighted by atomic mass is 32.3. The lowest BCUT2D eigenvalue weighted by Gasteiger charge is -2.44. The van der Waals surface area contributed by atoms with Crippen molar-refractivity contribution in [3.63, 3.8) is 0 Å². The van der Waals surface area contributed by atoms with E-state index in [-0.39, 0.29) is 0 Å². The smallest absolute Gasteiger partial charge is 0.410 e. The summed E-state index contributed by atoms with van der Waals surface area (Å²) in [5, 5.41) is 0. The summed E-state index contributed by atoms with van der Waals surface area (Å²) in [5.41, 5.74) is 2.74. The molecule has 30 heavy (non-hydrogen) atoms. The number of anilines is 3. The van der Waals surface area contributed by atoms with Gasteiger partial charge in [0.1, 0.15) is 5.60 Å². The van der Waals surface area contributed by atoms with Gasteiger partial charge in [-0.1, -0.05) is 24.3 Å². The average Bonchev–Trinajstić information content (AvgIpc) is 2.87. The lowest BCUT2D eigenvalue weighted by Crippen LogP contribution is -2.37. The molecule has 8 heteroatoms. The molecule has 0 bridgehead atoms. The Hall–Kier alpha value is -2.42. The molecule has 2 aromatic carbocycles. The quantitative estimate of drug-likeness (QED) is 0.621. The number of hydrogen-bond acceptors (Lipinski definition) is 6. The van der Waals surface area contributed by atoms with Crippen molar-refractivity contribution >= 4 is 34.1 Å². The Balaban J connectivity index is 1.78. The van der Waals surface area contributed by atoms with Gasteiger partial charge >= 0.3 is 6.09 Å². The SMILES string of the molecule is Cc1ccc2c(c1)N(CCCN(C)C(=O)OC(C)(C)C)S(O)(O)N2c1ccccc1. The van der Waals surface area contributed by atoms with Crippen LogP contribution in [0.15, 0.2) is 48.5 Å². The molecule has 1 aliphatic rings. The van der Waals surface area contributed by atoms with Crippen molar-refractivity contribution in [1.29, 1.82) is 0 Å². The van der Waals surface area contributed by atoms with Gasteiger partial charge < -0.3 is 9.64 Å². The number of benzene rings is 2. The first kappa shape index (κ1) is 22.3. The van der Waals surface area contributed by atoms with E-state index in [1.165, 1.54) is 4.90 Å². The fraction of sp³-hybridized carbons (Fsp3) is 0.409. The van der Waals surface area contributed by atoms with Gasteiger partial charge in [-0.25, -0.2) is 9.10 Å². The third kappa shape index (κ3) is 4.66. The van der Waals surface area contributed by atoms with Crippen LogP contribution in [0, 0.1) is 6.92 Å². The van der Waals surface area contributed by atoms with Gasteiger partial charge in [0.05, 0.1) is 17.1 Å². The van der Waals surface area contributed by atoms with Crippen molar-refractivity contribution in [2.75, 3.05) is 28.7 Å². The van der Waals surface area contributed by atoms with Gasteiger partial charge in [0.15, 0.2) is 0 Å². The molecule has 0 unspecified atom stereocenters. The number of hydrogen-bond donors (Lipinski definition) is 2. The lowest BCUT2D eigenvalue weighted by molar-refractivity contribution is 0.0298. The zero-order valence-corrected chi connectivity index (χ0v) is 19.0. The molecule has 2 aromatic rings. The molecule has 0 saturated carbocycles. The van der Waals surface area contributed by atoms with E-state index in [2.05, 4.69) is 0 Å². The summed E-state index contributed by atoms with van der Waals surface area (Å²) in [6, 6.07) is 15.2. The third-order valence-corrected chi connectivity index (χ3v) is 6.58. The summed E-state index contributed by atoms with van der Waals surface area (Å²) in [5.74, 6) is 0. The first-order valence-electron chi connectivity index (χ1n) is 9.97. The largest absolute Gasteiger partial charge is 0.444 e. The Bertz CT molecular complexity index is 899. The van der Waals surface area contributed by atoms with E-state index in [1.807, 2.05) is 76.2 Å². The summed E-state index contributed by atoms with van der Waals surface area (Å²) in [4.78, 5) is 13.7. The average molecular weight is 434 g/mol. The molecule has 164 valence electrons.